The van der Waals surface area contributed by atoms with Gasteiger partial charge in [-0.1, -0.05) is 25.1 Å². The van der Waals surface area contributed by atoms with E-state index in [1.54, 1.807) is 0 Å². The number of hydrogen-bond donors (Lipinski definition) is 1. The Bertz CT molecular complexity index is 354. The summed E-state index contributed by atoms with van der Waals surface area (Å²) in [6.45, 7) is 9.97. The molecule has 2 N–H and O–H groups in total. The molecule has 1 aromatic rings. The van der Waals surface area contributed by atoms with Crippen molar-refractivity contribution in [3.05, 3.63) is 29.8 Å². The number of likely N-dealkylation sites (N-methyl/N-ethyl adjacent to an activating group) is 1. The van der Waals surface area contributed by atoms with Crippen LogP contribution in [0.2, 0.25) is 0 Å². The predicted molar refractivity (Wildman–Crippen MR) is 73.4 cm³/mol. The SMILES string of the molecule is CCN1CCN(c2ccccc2C(C)N)CC1. The van der Waals surface area contributed by atoms with Gasteiger partial charge in [0, 0.05) is 37.9 Å². The molecule has 1 aromatic carbocycles. The lowest BCUT2D eigenvalue weighted by Gasteiger charge is -2.36. The molecule has 1 fully saturated rings. The molecule has 0 bridgehead atoms. The van der Waals surface area contributed by atoms with Crippen LogP contribution in [0.3, 0.4) is 0 Å². The van der Waals surface area contributed by atoms with Gasteiger partial charge in [-0.3, -0.25) is 0 Å². The quantitative estimate of drug-likeness (QED) is 0.865. The van der Waals surface area contributed by atoms with Crippen molar-refractivity contribution in [2.24, 2.45) is 5.73 Å². The molecular formula is C14H23N3. The molecule has 0 aliphatic carbocycles. The van der Waals surface area contributed by atoms with Gasteiger partial charge in [0.2, 0.25) is 0 Å². The Morgan fingerprint density at radius 1 is 1.18 bits per heavy atom. The molecule has 0 amide bonds. The smallest absolute Gasteiger partial charge is 0.0415 e. The van der Waals surface area contributed by atoms with E-state index in [4.69, 9.17) is 5.73 Å². The van der Waals surface area contributed by atoms with Crippen molar-refractivity contribution in [3.63, 3.8) is 0 Å². The summed E-state index contributed by atoms with van der Waals surface area (Å²) in [5.41, 5.74) is 8.62. The standard InChI is InChI=1S/C14H23N3/c1-3-16-8-10-17(11-9-16)14-7-5-4-6-13(14)12(2)15/h4-7,12H,3,8-11,15H2,1-2H3. The fourth-order valence-electron chi connectivity index (χ4n) is 2.47. The topological polar surface area (TPSA) is 32.5 Å². The summed E-state index contributed by atoms with van der Waals surface area (Å²) in [4.78, 5) is 4.95. The van der Waals surface area contributed by atoms with E-state index in [-0.39, 0.29) is 6.04 Å². The summed E-state index contributed by atoms with van der Waals surface area (Å²) >= 11 is 0. The minimum atomic E-state index is 0.107. The molecule has 2 rings (SSSR count). The average molecular weight is 233 g/mol. The molecule has 0 radical (unpaired) electrons. The van der Waals surface area contributed by atoms with Gasteiger partial charge in [-0.25, -0.2) is 0 Å². The van der Waals surface area contributed by atoms with Crippen molar-refractivity contribution < 1.29 is 0 Å². The molecular weight excluding hydrogens is 210 g/mol. The maximum Gasteiger partial charge on any atom is 0.0415 e. The number of piperazine rings is 1. The highest BCUT2D eigenvalue weighted by Crippen LogP contribution is 2.25. The van der Waals surface area contributed by atoms with E-state index >= 15 is 0 Å². The molecule has 1 aliphatic rings. The summed E-state index contributed by atoms with van der Waals surface area (Å²) in [6.07, 6.45) is 0. The molecule has 0 saturated carbocycles. The minimum Gasteiger partial charge on any atom is -0.369 e. The summed E-state index contributed by atoms with van der Waals surface area (Å²) < 4.78 is 0. The third-order valence-electron chi connectivity index (χ3n) is 3.59. The first-order valence-electron chi connectivity index (χ1n) is 6.54. The molecule has 3 nitrogen and oxygen atoms in total. The molecule has 0 aromatic heterocycles. The predicted octanol–water partition coefficient (Wildman–Crippen LogP) is 1.85. The highest BCUT2D eigenvalue weighted by molar-refractivity contribution is 5.55. The summed E-state index contributed by atoms with van der Waals surface area (Å²) in [5, 5.41) is 0. The van der Waals surface area contributed by atoms with Crippen LogP contribution in [0.4, 0.5) is 5.69 Å². The van der Waals surface area contributed by atoms with Gasteiger partial charge in [-0.05, 0) is 25.1 Å². The van der Waals surface area contributed by atoms with Crippen LogP contribution in [-0.4, -0.2) is 37.6 Å². The fourth-order valence-corrected chi connectivity index (χ4v) is 2.47. The Morgan fingerprint density at radius 2 is 1.82 bits per heavy atom. The van der Waals surface area contributed by atoms with Crippen LogP contribution in [0, 0.1) is 0 Å². The minimum absolute atomic E-state index is 0.107. The maximum absolute atomic E-state index is 6.04. The van der Waals surface area contributed by atoms with Crippen LogP contribution in [-0.2, 0) is 0 Å². The van der Waals surface area contributed by atoms with Crippen molar-refractivity contribution in [3.8, 4) is 0 Å². The zero-order chi connectivity index (χ0) is 12.3. The lowest BCUT2D eigenvalue weighted by atomic mass is 10.1. The van der Waals surface area contributed by atoms with E-state index in [1.165, 1.54) is 11.3 Å². The van der Waals surface area contributed by atoms with Gasteiger partial charge in [0.15, 0.2) is 0 Å². The van der Waals surface area contributed by atoms with Gasteiger partial charge in [-0.2, -0.15) is 0 Å². The zero-order valence-electron chi connectivity index (χ0n) is 10.9. The lowest BCUT2D eigenvalue weighted by Crippen LogP contribution is -2.46. The number of nitrogens with two attached hydrogens (primary N) is 1. The Balaban J connectivity index is 2.13. The Hall–Kier alpha value is -1.06. The van der Waals surface area contributed by atoms with Gasteiger partial charge in [0.1, 0.15) is 0 Å². The number of benzene rings is 1. The highest BCUT2D eigenvalue weighted by atomic mass is 15.3. The second kappa shape index (κ2) is 5.52. The molecule has 1 atom stereocenters. The van der Waals surface area contributed by atoms with E-state index in [0.29, 0.717) is 0 Å². The fraction of sp³-hybridized carbons (Fsp3) is 0.571. The van der Waals surface area contributed by atoms with Crippen LogP contribution >= 0.6 is 0 Å². The van der Waals surface area contributed by atoms with E-state index in [9.17, 15) is 0 Å². The van der Waals surface area contributed by atoms with Gasteiger partial charge in [0.25, 0.3) is 0 Å². The summed E-state index contributed by atoms with van der Waals surface area (Å²) in [6, 6.07) is 8.63. The summed E-state index contributed by atoms with van der Waals surface area (Å²) in [7, 11) is 0. The lowest BCUT2D eigenvalue weighted by molar-refractivity contribution is 0.271. The van der Waals surface area contributed by atoms with E-state index in [1.807, 2.05) is 0 Å². The molecule has 3 heteroatoms. The Labute approximate surface area is 104 Å². The van der Waals surface area contributed by atoms with Crippen LogP contribution in [0.25, 0.3) is 0 Å². The third kappa shape index (κ3) is 2.79. The van der Waals surface area contributed by atoms with Crippen molar-refractivity contribution in [2.45, 2.75) is 19.9 Å². The molecule has 1 heterocycles. The number of nitrogens with zero attached hydrogens (tertiary/aromatic N) is 2. The summed E-state index contributed by atoms with van der Waals surface area (Å²) in [5.74, 6) is 0. The molecule has 0 spiro atoms. The van der Waals surface area contributed by atoms with Crippen molar-refractivity contribution >= 4 is 5.69 Å². The Morgan fingerprint density at radius 3 is 2.41 bits per heavy atom. The first kappa shape index (κ1) is 12.4. The van der Waals surface area contributed by atoms with Crippen LogP contribution in [0.5, 0.6) is 0 Å². The monoisotopic (exact) mass is 233 g/mol. The second-order valence-corrected chi connectivity index (χ2v) is 4.77. The molecule has 1 unspecified atom stereocenters. The number of hydrogen-bond acceptors (Lipinski definition) is 3. The van der Waals surface area contributed by atoms with Crippen molar-refractivity contribution in [1.29, 1.82) is 0 Å². The van der Waals surface area contributed by atoms with Crippen LogP contribution < -0.4 is 10.6 Å². The second-order valence-electron chi connectivity index (χ2n) is 4.77. The highest BCUT2D eigenvalue weighted by Gasteiger charge is 2.18. The van der Waals surface area contributed by atoms with Gasteiger partial charge >= 0.3 is 0 Å². The first-order valence-corrected chi connectivity index (χ1v) is 6.54. The normalized spacial score (nSPS) is 19.4. The zero-order valence-corrected chi connectivity index (χ0v) is 10.9. The average Bonchev–Trinajstić information content (AvgIpc) is 2.39. The van der Waals surface area contributed by atoms with Gasteiger partial charge < -0.3 is 15.5 Å². The Kier molecular flexibility index (Phi) is 4.02. The molecule has 1 saturated heterocycles. The van der Waals surface area contributed by atoms with Crippen molar-refractivity contribution in [1.82, 2.24) is 4.90 Å². The third-order valence-corrected chi connectivity index (χ3v) is 3.59. The van der Waals surface area contributed by atoms with E-state index in [0.717, 1.165) is 32.7 Å². The largest absolute Gasteiger partial charge is 0.369 e. The van der Waals surface area contributed by atoms with Crippen molar-refractivity contribution in [2.75, 3.05) is 37.6 Å². The number of rotatable bonds is 3. The van der Waals surface area contributed by atoms with Crippen LogP contribution in [0.1, 0.15) is 25.5 Å². The first-order chi connectivity index (χ1) is 8.22. The van der Waals surface area contributed by atoms with E-state index < -0.39 is 0 Å². The molecule has 17 heavy (non-hydrogen) atoms. The van der Waals surface area contributed by atoms with E-state index in [2.05, 4.69) is 47.9 Å². The van der Waals surface area contributed by atoms with Gasteiger partial charge in [0.05, 0.1) is 0 Å². The van der Waals surface area contributed by atoms with Crippen LogP contribution in [0.15, 0.2) is 24.3 Å². The molecule has 1 aliphatic heterocycles. The molecule has 94 valence electrons. The van der Waals surface area contributed by atoms with Gasteiger partial charge in [-0.15, -0.1) is 0 Å². The number of para-hydroxylation sites is 1. The number of anilines is 1. The maximum atomic E-state index is 6.04.